The summed E-state index contributed by atoms with van der Waals surface area (Å²) in [4.78, 5) is 23.1. The molecule has 2 rings (SSSR count). The molecule has 1 N–H and O–H groups in total. The fourth-order valence-corrected chi connectivity index (χ4v) is 2.54. The zero-order chi connectivity index (χ0) is 18.9. The second kappa shape index (κ2) is 9.56. The summed E-state index contributed by atoms with van der Waals surface area (Å²) in [5.74, 6) is 0.169. The first-order valence-corrected chi connectivity index (χ1v) is 8.81. The molecule has 1 amide bonds. The van der Waals surface area contributed by atoms with Gasteiger partial charge in [0, 0.05) is 12.1 Å². The molecule has 0 atom stereocenters. The van der Waals surface area contributed by atoms with Gasteiger partial charge in [0.25, 0.3) is 11.6 Å². The van der Waals surface area contributed by atoms with Crippen LogP contribution in [0.1, 0.15) is 48.5 Å². The molecule has 0 aromatic heterocycles. The van der Waals surface area contributed by atoms with Gasteiger partial charge in [0.2, 0.25) is 0 Å². The molecule has 0 spiro atoms. The number of nitrogens with one attached hydrogen (secondary N) is 1. The lowest BCUT2D eigenvalue weighted by Gasteiger charge is -2.13. The maximum Gasteiger partial charge on any atom is 0.271 e. The van der Waals surface area contributed by atoms with Crippen molar-refractivity contribution in [3.8, 4) is 5.75 Å². The summed E-state index contributed by atoms with van der Waals surface area (Å²) in [7, 11) is 0. The van der Waals surface area contributed by atoms with E-state index >= 15 is 0 Å². The van der Waals surface area contributed by atoms with Crippen molar-refractivity contribution in [1.82, 2.24) is 0 Å². The van der Waals surface area contributed by atoms with Gasteiger partial charge in [0.05, 0.1) is 22.8 Å². The summed E-state index contributed by atoms with van der Waals surface area (Å²) in [6.45, 7) is 4.49. The number of nitro groups is 1. The van der Waals surface area contributed by atoms with E-state index in [2.05, 4.69) is 12.2 Å². The third-order valence-corrected chi connectivity index (χ3v) is 4.07. The van der Waals surface area contributed by atoms with Gasteiger partial charge in [-0.15, -0.1) is 0 Å². The maximum absolute atomic E-state index is 12.6. The number of anilines is 1. The van der Waals surface area contributed by atoms with Gasteiger partial charge in [-0.05, 0) is 31.0 Å². The average molecular weight is 356 g/mol. The van der Waals surface area contributed by atoms with Crippen molar-refractivity contribution < 1.29 is 14.5 Å². The zero-order valence-corrected chi connectivity index (χ0v) is 15.2. The quantitative estimate of drug-likeness (QED) is 0.384. The molecule has 0 fully saturated rings. The van der Waals surface area contributed by atoms with Gasteiger partial charge >= 0.3 is 0 Å². The van der Waals surface area contributed by atoms with Crippen molar-refractivity contribution >= 4 is 17.3 Å². The molecule has 26 heavy (non-hydrogen) atoms. The van der Waals surface area contributed by atoms with Crippen LogP contribution < -0.4 is 10.1 Å². The van der Waals surface area contributed by atoms with Crippen molar-refractivity contribution in [1.29, 1.82) is 0 Å². The molecular weight excluding hydrogens is 332 g/mol. The minimum atomic E-state index is -0.484. The summed E-state index contributed by atoms with van der Waals surface area (Å²) < 4.78 is 5.77. The van der Waals surface area contributed by atoms with Crippen molar-refractivity contribution in [2.75, 3.05) is 11.9 Å². The molecule has 6 heteroatoms. The van der Waals surface area contributed by atoms with Crippen molar-refractivity contribution in [2.24, 2.45) is 0 Å². The highest BCUT2D eigenvalue weighted by Gasteiger charge is 2.15. The van der Waals surface area contributed by atoms with Gasteiger partial charge in [0.15, 0.2) is 0 Å². The van der Waals surface area contributed by atoms with Gasteiger partial charge in [-0.25, -0.2) is 0 Å². The number of hydrogen-bond donors (Lipinski definition) is 1. The van der Waals surface area contributed by atoms with Crippen molar-refractivity contribution in [2.45, 2.75) is 39.5 Å². The van der Waals surface area contributed by atoms with Gasteiger partial charge < -0.3 is 10.1 Å². The first kappa shape index (κ1) is 19.4. The Morgan fingerprint density at radius 2 is 1.92 bits per heavy atom. The number of rotatable bonds is 9. The van der Waals surface area contributed by atoms with E-state index in [1.807, 2.05) is 6.07 Å². The van der Waals surface area contributed by atoms with Crippen LogP contribution in [0.3, 0.4) is 0 Å². The predicted molar refractivity (Wildman–Crippen MR) is 102 cm³/mol. The number of aryl methyl sites for hydroxylation is 1. The van der Waals surface area contributed by atoms with Crippen LogP contribution in [-0.2, 0) is 0 Å². The van der Waals surface area contributed by atoms with Crippen LogP contribution in [0.25, 0.3) is 0 Å². The monoisotopic (exact) mass is 356 g/mol. The zero-order valence-electron chi connectivity index (χ0n) is 15.2. The molecule has 0 aliphatic rings. The van der Waals surface area contributed by atoms with Crippen LogP contribution in [0, 0.1) is 17.0 Å². The summed E-state index contributed by atoms with van der Waals surface area (Å²) >= 11 is 0. The SMILES string of the molecule is CCCCCCOc1ccccc1C(=O)Nc1cc([N+](=O)[O-])ccc1C. The Morgan fingerprint density at radius 3 is 2.65 bits per heavy atom. The Balaban J connectivity index is 2.10. The normalized spacial score (nSPS) is 10.4. The largest absolute Gasteiger partial charge is 0.493 e. The molecule has 0 radical (unpaired) electrons. The van der Waals surface area contributed by atoms with Gasteiger partial charge in [0.1, 0.15) is 5.75 Å². The van der Waals surface area contributed by atoms with Gasteiger partial charge in [-0.2, -0.15) is 0 Å². The molecule has 6 nitrogen and oxygen atoms in total. The second-order valence-corrected chi connectivity index (χ2v) is 6.12. The van der Waals surface area contributed by atoms with E-state index in [-0.39, 0.29) is 11.6 Å². The standard InChI is InChI=1S/C20H24N2O4/c1-3-4-5-8-13-26-19-10-7-6-9-17(19)20(23)21-18-14-16(22(24)25)12-11-15(18)2/h6-7,9-12,14H,3-5,8,13H2,1-2H3,(H,21,23). The number of nitrogens with zero attached hydrogens (tertiary/aromatic N) is 1. The Labute approximate surface area is 153 Å². The summed E-state index contributed by atoms with van der Waals surface area (Å²) in [5, 5.41) is 13.7. The van der Waals surface area contributed by atoms with Crippen LogP contribution in [-0.4, -0.2) is 17.4 Å². The number of hydrogen-bond acceptors (Lipinski definition) is 4. The highest BCUT2D eigenvalue weighted by atomic mass is 16.6. The molecule has 2 aromatic carbocycles. The molecule has 0 saturated heterocycles. The molecule has 0 saturated carbocycles. The second-order valence-electron chi connectivity index (χ2n) is 6.12. The molecule has 0 unspecified atom stereocenters. The van der Waals surface area contributed by atoms with E-state index in [1.54, 1.807) is 31.2 Å². The number of ether oxygens (including phenoxy) is 1. The topological polar surface area (TPSA) is 81.5 Å². The Morgan fingerprint density at radius 1 is 1.15 bits per heavy atom. The molecular formula is C20H24N2O4. The van der Waals surface area contributed by atoms with E-state index in [9.17, 15) is 14.9 Å². The fraction of sp³-hybridized carbons (Fsp3) is 0.350. The van der Waals surface area contributed by atoms with E-state index in [1.165, 1.54) is 12.1 Å². The smallest absolute Gasteiger partial charge is 0.271 e. The average Bonchev–Trinajstić information content (AvgIpc) is 2.63. The van der Waals surface area contributed by atoms with Gasteiger partial charge in [-0.3, -0.25) is 14.9 Å². The lowest BCUT2D eigenvalue weighted by Crippen LogP contribution is -2.15. The van der Waals surface area contributed by atoms with Crippen LogP contribution >= 0.6 is 0 Å². The molecule has 0 aliphatic carbocycles. The van der Waals surface area contributed by atoms with Crippen LogP contribution in [0.4, 0.5) is 11.4 Å². The first-order chi connectivity index (χ1) is 12.5. The molecule has 2 aromatic rings. The summed E-state index contributed by atoms with van der Waals surface area (Å²) in [6, 6.07) is 11.4. The Kier molecular flexibility index (Phi) is 7.14. The summed E-state index contributed by atoms with van der Waals surface area (Å²) in [5.41, 5.74) is 1.52. The minimum Gasteiger partial charge on any atom is -0.493 e. The number of nitro benzene ring substituents is 1. The lowest BCUT2D eigenvalue weighted by molar-refractivity contribution is -0.384. The third-order valence-electron chi connectivity index (χ3n) is 4.07. The number of carbonyl (C=O) groups is 1. The fourth-order valence-electron chi connectivity index (χ4n) is 2.54. The molecule has 138 valence electrons. The van der Waals surface area contributed by atoms with Crippen LogP contribution in [0.5, 0.6) is 5.75 Å². The van der Waals surface area contributed by atoms with Crippen LogP contribution in [0.2, 0.25) is 0 Å². The number of carbonyl (C=O) groups excluding carboxylic acids is 1. The Hall–Kier alpha value is -2.89. The summed E-state index contributed by atoms with van der Waals surface area (Å²) in [6.07, 6.45) is 4.35. The highest BCUT2D eigenvalue weighted by molar-refractivity contribution is 6.06. The highest BCUT2D eigenvalue weighted by Crippen LogP contribution is 2.24. The van der Waals surface area contributed by atoms with Gasteiger partial charge in [-0.1, -0.05) is 44.4 Å². The van der Waals surface area contributed by atoms with Crippen molar-refractivity contribution in [3.05, 3.63) is 63.7 Å². The number of amides is 1. The maximum atomic E-state index is 12.6. The lowest BCUT2D eigenvalue weighted by atomic mass is 10.1. The number of non-ortho nitro benzene ring substituents is 1. The molecule has 0 heterocycles. The first-order valence-electron chi connectivity index (χ1n) is 8.81. The van der Waals surface area contributed by atoms with E-state index in [0.29, 0.717) is 23.6 Å². The number of benzene rings is 2. The third kappa shape index (κ3) is 5.31. The van der Waals surface area contributed by atoms with Crippen LogP contribution in [0.15, 0.2) is 42.5 Å². The number of unbranched alkanes of at least 4 members (excludes halogenated alkanes) is 3. The van der Waals surface area contributed by atoms with E-state index < -0.39 is 4.92 Å². The molecule has 0 bridgehead atoms. The predicted octanol–water partition coefficient (Wildman–Crippen LogP) is 5.11. The Bertz CT molecular complexity index is 774. The number of para-hydroxylation sites is 1. The molecule has 0 aliphatic heterocycles. The minimum absolute atomic E-state index is 0.0636. The van der Waals surface area contributed by atoms with E-state index in [4.69, 9.17) is 4.74 Å². The van der Waals surface area contributed by atoms with E-state index in [0.717, 1.165) is 31.2 Å². The van der Waals surface area contributed by atoms with Crippen molar-refractivity contribution in [3.63, 3.8) is 0 Å².